The Balaban J connectivity index is 1.45. The summed E-state index contributed by atoms with van der Waals surface area (Å²) in [6.45, 7) is 0.394. The van der Waals surface area contributed by atoms with E-state index in [0.717, 1.165) is 18.2 Å². The molecule has 40 heavy (non-hydrogen) atoms. The van der Waals surface area contributed by atoms with Crippen LogP contribution < -0.4 is 5.32 Å². The molecule has 0 spiro atoms. The topological polar surface area (TPSA) is 110 Å². The van der Waals surface area contributed by atoms with Crippen molar-refractivity contribution < 1.29 is 47.9 Å². The Hall–Kier alpha value is -2.47. The Morgan fingerprint density at radius 1 is 1.15 bits per heavy atom. The van der Waals surface area contributed by atoms with Crippen LogP contribution in [0, 0.1) is 29.3 Å². The summed E-state index contributed by atoms with van der Waals surface area (Å²) >= 11 is 6.21. The Morgan fingerprint density at radius 3 is 2.40 bits per heavy atom. The number of halogens is 4. The van der Waals surface area contributed by atoms with Crippen molar-refractivity contribution in [1.29, 1.82) is 0 Å². The zero-order valence-corrected chi connectivity index (χ0v) is 22.5. The van der Waals surface area contributed by atoms with Gasteiger partial charge >= 0.3 is 0 Å². The van der Waals surface area contributed by atoms with Gasteiger partial charge in [0.1, 0.15) is 6.10 Å². The average Bonchev–Trinajstić information content (AvgIpc) is 3.52. The number of amides is 1. The van der Waals surface area contributed by atoms with Gasteiger partial charge in [-0.25, -0.2) is 21.6 Å². The summed E-state index contributed by atoms with van der Waals surface area (Å²) in [5.41, 5.74) is -3.01. The van der Waals surface area contributed by atoms with E-state index in [0.29, 0.717) is 31.6 Å². The van der Waals surface area contributed by atoms with Crippen molar-refractivity contribution in [2.75, 3.05) is 11.9 Å². The number of anilines is 1. The molecule has 1 aliphatic heterocycles. The summed E-state index contributed by atoms with van der Waals surface area (Å²) < 4.78 is 117. The summed E-state index contributed by atoms with van der Waals surface area (Å²) in [4.78, 5) is 24.8. The number of ketones is 1. The predicted molar refractivity (Wildman–Crippen MR) is 140 cm³/mol. The maximum absolute atomic E-state index is 14.0. The van der Waals surface area contributed by atoms with Crippen molar-refractivity contribution in [3.63, 3.8) is 0 Å². The van der Waals surface area contributed by atoms with Crippen molar-refractivity contribution in [2.45, 2.75) is 73.1 Å². The van der Waals surface area contributed by atoms with E-state index in [2.05, 4.69) is 5.32 Å². The van der Waals surface area contributed by atoms with Crippen LogP contribution in [-0.2, 0) is 19.4 Å². The van der Waals surface area contributed by atoms with E-state index in [1.807, 2.05) is 0 Å². The second-order valence-electron chi connectivity index (χ2n) is 10.2. The highest BCUT2D eigenvalue weighted by molar-refractivity contribution is 7.92. The second-order valence-corrected chi connectivity index (χ2v) is 12.6. The van der Waals surface area contributed by atoms with Crippen LogP contribution in [0.4, 0.5) is 18.9 Å². The maximum atomic E-state index is 14.0. The van der Waals surface area contributed by atoms with E-state index >= 15 is 0 Å². The number of carbonyl (C=O) groups excluding carboxylic acids is 2. The molecule has 3 fully saturated rings. The first-order valence-corrected chi connectivity index (χ1v) is 14.5. The van der Waals surface area contributed by atoms with Crippen LogP contribution >= 0.6 is 11.6 Å². The minimum atomic E-state index is -4.91. The smallest absolute Gasteiger partial charge is 0.255 e. The highest BCUT2D eigenvalue weighted by Crippen LogP contribution is 2.54. The van der Waals surface area contributed by atoms with E-state index in [1.54, 1.807) is 0 Å². The number of rotatable bonds is 8. The molecule has 2 aromatic carbocycles. The van der Waals surface area contributed by atoms with Gasteiger partial charge < -0.3 is 15.2 Å². The molecule has 1 amide bonds. The van der Waals surface area contributed by atoms with Crippen LogP contribution in [0.5, 0.6) is 0 Å². The summed E-state index contributed by atoms with van der Waals surface area (Å²) in [6, 6.07) is 3.96. The number of sulfone groups is 1. The molecule has 2 aliphatic carbocycles. The Bertz CT molecular complexity index is 1630. The first kappa shape index (κ1) is 23.1. The molecule has 2 N–H and O–H groups in total. The number of hydrogen-bond acceptors (Lipinski definition) is 6. The largest absolute Gasteiger partial charge is 0.389 e. The summed E-state index contributed by atoms with van der Waals surface area (Å²) in [6.07, 6.45) is -7.45. The van der Waals surface area contributed by atoms with Gasteiger partial charge in [-0.1, -0.05) is 11.6 Å². The molecule has 5 atom stereocenters. The minimum Gasteiger partial charge on any atom is -0.389 e. The molecule has 12 heteroatoms. The minimum absolute atomic E-state index is 0.261. The van der Waals surface area contributed by atoms with E-state index < -0.39 is 103 Å². The number of ether oxygens (including phenoxy) is 1. The van der Waals surface area contributed by atoms with Gasteiger partial charge in [-0.2, -0.15) is 0 Å². The normalized spacial score (nSPS) is 34.2. The zero-order valence-electron chi connectivity index (χ0n) is 26.0. The summed E-state index contributed by atoms with van der Waals surface area (Å²) in [5, 5.41) is 10.8. The van der Waals surface area contributed by atoms with Crippen LogP contribution in [0.1, 0.15) is 68.5 Å². The third-order valence-corrected chi connectivity index (χ3v) is 10.1. The highest BCUT2D eigenvalue weighted by Gasteiger charge is 2.55. The molecule has 216 valence electrons. The SMILES string of the molecule is [2H]C1([2H])C2CC([2H])(S(=O)(=O)c3cc(C(=O)Nc4cc(F)c(F)c(F)c4)ccc3Cl)C[C@@H](C2(O)CCC(=O)C2CCCO2)C1([2H])[2H]. The van der Waals surface area contributed by atoms with Crippen molar-refractivity contribution in [3.8, 4) is 0 Å². The fourth-order valence-electron chi connectivity index (χ4n) is 5.41. The number of fused-ring (bicyclic) bond motifs is 2. The molecule has 4 unspecified atom stereocenters. The summed E-state index contributed by atoms with van der Waals surface area (Å²) in [7, 11) is -4.91. The number of carbonyl (C=O) groups is 2. The lowest BCUT2D eigenvalue weighted by molar-refractivity contribution is -0.131. The first-order valence-electron chi connectivity index (χ1n) is 15.1. The molecule has 7 nitrogen and oxygen atoms in total. The molecule has 2 saturated carbocycles. The highest BCUT2D eigenvalue weighted by atomic mass is 35.5. The van der Waals surface area contributed by atoms with Gasteiger partial charge in [0.15, 0.2) is 33.1 Å². The lowest BCUT2D eigenvalue weighted by Gasteiger charge is -2.42. The first-order chi connectivity index (χ1) is 20.8. The number of nitrogens with one attached hydrogen (secondary N) is 1. The maximum Gasteiger partial charge on any atom is 0.255 e. The third kappa shape index (κ3) is 5.41. The molecule has 3 aliphatic rings. The van der Waals surface area contributed by atoms with Crippen molar-refractivity contribution in [2.24, 2.45) is 11.8 Å². The lowest BCUT2D eigenvalue weighted by Crippen LogP contribution is -2.48. The zero-order chi connectivity index (χ0) is 33.3. The van der Waals surface area contributed by atoms with E-state index in [4.69, 9.17) is 23.2 Å². The molecule has 1 saturated heterocycles. The van der Waals surface area contributed by atoms with Crippen molar-refractivity contribution >= 4 is 38.8 Å². The van der Waals surface area contributed by atoms with E-state index in [-0.39, 0.29) is 24.2 Å². The molecule has 1 heterocycles. The number of aliphatic hydroxyl groups is 1. The van der Waals surface area contributed by atoms with Crippen molar-refractivity contribution in [3.05, 3.63) is 58.4 Å². The van der Waals surface area contributed by atoms with Gasteiger partial charge in [0, 0.05) is 43.3 Å². The van der Waals surface area contributed by atoms with Crippen molar-refractivity contribution in [1.82, 2.24) is 0 Å². The van der Waals surface area contributed by atoms with Crippen LogP contribution in [0.15, 0.2) is 35.2 Å². The quantitative estimate of drug-likeness (QED) is 0.399. The molecule has 2 bridgehead atoms. The van der Waals surface area contributed by atoms with E-state index in [1.165, 1.54) is 0 Å². The second kappa shape index (κ2) is 11.1. The van der Waals surface area contributed by atoms with Gasteiger partial charge in [-0.3, -0.25) is 9.59 Å². The van der Waals surface area contributed by atoms with Crippen LogP contribution in [0.2, 0.25) is 5.02 Å². The lowest BCUT2D eigenvalue weighted by atomic mass is 9.71. The molecule has 2 aromatic rings. The fraction of sp³-hybridized carbons (Fsp3) is 0.500. The Kier molecular flexibility index (Phi) is 6.40. The molecule has 0 aromatic heterocycles. The van der Waals surface area contributed by atoms with Gasteiger partial charge in [-0.15, -0.1) is 0 Å². The van der Waals surface area contributed by atoms with Gasteiger partial charge in [-0.05, 0) is 74.9 Å². The van der Waals surface area contributed by atoms with Gasteiger partial charge in [0.25, 0.3) is 5.91 Å². The van der Waals surface area contributed by atoms with Crippen LogP contribution in [0.25, 0.3) is 0 Å². The average molecular weight is 605 g/mol. The summed E-state index contributed by atoms with van der Waals surface area (Å²) in [5.74, 6) is -9.75. The molecular formula is C28H29ClF3NO6S. The Labute approximate surface area is 242 Å². The fourth-order valence-corrected chi connectivity index (χ4v) is 7.52. The van der Waals surface area contributed by atoms with E-state index in [9.17, 15) is 36.3 Å². The molecule has 5 rings (SSSR count). The molecular weight excluding hydrogens is 571 g/mol. The standard InChI is InChI=1S/C28H29ClF3NO6S/c29-20-6-3-15(27(35)33-18-13-21(30)26(32)22(31)14-18)10-25(20)40(37,38)19-11-16-4-5-17(12-19)28(16,36)8-7-23(34)24-2-1-9-39-24/h3,6,10,13-14,16-17,19,24,36H,1-2,4-5,7-9,11-12H2,(H,33,35)/t16-,17?,19?,24?,28?/m0/s1/i4D2,5D2,19D. The Morgan fingerprint density at radius 2 is 1.80 bits per heavy atom. The van der Waals surface area contributed by atoms with Gasteiger partial charge in [0.05, 0.1) is 20.7 Å². The van der Waals surface area contributed by atoms with Crippen LogP contribution in [-0.4, -0.2) is 48.8 Å². The number of Topliss-reactive ketones (excluding diaryl/α,β-unsaturated/α-hetero) is 1. The predicted octanol–water partition coefficient (Wildman–Crippen LogP) is 5.23. The van der Waals surface area contributed by atoms with Gasteiger partial charge in [0.2, 0.25) is 0 Å². The monoisotopic (exact) mass is 604 g/mol. The van der Waals surface area contributed by atoms with Crippen LogP contribution in [0.3, 0.4) is 0 Å². The number of hydrogen-bond donors (Lipinski definition) is 2. The molecule has 0 radical (unpaired) electrons. The number of benzene rings is 2. The third-order valence-electron chi connectivity index (χ3n) is 7.67.